The Labute approximate surface area is 152 Å². The van der Waals surface area contributed by atoms with E-state index >= 15 is 0 Å². The summed E-state index contributed by atoms with van der Waals surface area (Å²) in [5, 5.41) is 0. The second-order valence-electron chi connectivity index (χ2n) is 6.66. The summed E-state index contributed by atoms with van der Waals surface area (Å²) in [4.78, 5) is 38.0. The molecule has 0 unspecified atom stereocenters. The number of amides is 2. The summed E-state index contributed by atoms with van der Waals surface area (Å²) in [5.41, 5.74) is 3.80. The van der Waals surface area contributed by atoms with Gasteiger partial charge in [-0.25, -0.2) is 0 Å². The molecule has 5 nitrogen and oxygen atoms in total. The Morgan fingerprint density at radius 3 is 2.31 bits per heavy atom. The summed E-state index contributed by atoms with van der Waals surface area (Å²) in [6, 6.07) is 10.8. The van der Waals surface area contributed by atoms with E-state index in [1.165, 1.54) is 4.90 Å². The molecule has 134 valence electrons. The monoisotopic (exact) mass is 351 g/mol. The first-order chi connectivity index (χ1) is 12.4. The molecule has 2 amide bonds. The van der Waals surface area contributed by atoms with Crippen LogP contribution < -0.4 is 4.74 Å². The average Bonchev–Trinajstić information content (AvgIpc) is 2.82. The Balaban J connectivity index is 1.56. The van der Waals surface area contributed by atoms with Crippen molar-refractivity contribution in [2.75, 3.05) is 6.54 Å². The lowest BCUT2D eigenvalue weighted by atomic mass is 10.1. The molecule has 0 saturated heterocycles. The largest absolute Gasteiger partial charge is 0.426 e. The highest BCUT2D eigenvalue weighted by atomic mass is 16.5. The third-order valence-corrected chi connectivity index (χ3v) is 4.44. The minimum Gasteiger partial charge on any atom is -0.426 e. The molecule has 0 spiro atoms. The van der Waals surface area contributed by atoms with Crippen LogP contribution in [0, 0.1) is 20.8 Å². The summed E-state index contributed by atoms with van der Waals surface area (Å²) in [6.45, 7) is 5.94. The lowest BCUT2D eigenvalue weighted by molar-refractivity contribution is -0.134. The molecule has 0 N–H and O–H groups in total. The van der Waals surface area contributed by atoms with Crippen molar-refractivity contribution in [3.63, 3.8) is 0 Å². The van der Waals surface area contributed by atoms with Gasteiger partial charge in [0, 0.05) is 13.0 Å². The van der Waals surface area contributed by atoms with Gasteiger partial charge in [0.25, 0.3) is 11.8 Å². The maximum absolute atomic E-state index is 12.4. The number of nitrogens with zero attached hydrogens (tertiary/aromatic N) is 1. The zero-order valence-corrected chi connectivity index (χ0v) is 15.2. The summed E-state index contributed by atoms with van der Waals surface area (Å²) < 4.78 is 5.37. The fourth-order valence-corrected chi connectivity index (χ4v) is 3.08. The van der Waals surface area contributed by atoms with Crippen molar-refractivity contribution >= 4 is 17.8 Å². The zero-order chi connectivity index (χ0) is 18.8. The molecule has 0 saturated carbocycles. The Kier molecular flexibility index (Phi) is 4.89. The van der Waals surface area contributed by atoms with Gasteiger partial charge in [-0.3, -0.25) is 19.3 Å². The Hall–Kier alpha value is -2.95. The Bertz CT molecular complexity index is 901. The molecule has 0 bridgehead atoms. The third-order valence-electron chi connectivity index (χ3n) is 4.44. The summed E-state index contributed by atoms with van der Waals surface area (Å²) >= 11 is 0. The second-order valence-corrected chi connectivity index (χ2v) is 6.66. The predicted molar refractivity (Wildman–Crippen MR) is 97.3 cm³/mol. The van der Waals surface area contributed by atoms with E-state index < -0.39 is 0 Å². The van der Waals surface area contributed by atoms with Crippen molar-refractivity contribution in [1.82, 2.24) is 4.90 Å². The number of rotatable bonds is 5. The van der Waals surface area contributed by atoms with E-state index in [1.54, 1.807) is 18.2 Å². The number of fused-ring (bicyclic) bond motifs is 1. The minimum atomic E-state index is -0.371. The van der Waals surface area contributed by atoms with E-state index in [0.29, 0.717) is 23.3 Å². The lowest BCUT2D eigenvalue weighted by Crippen LogP contribution is -2.31. The SMILES string of the molecule is Cc1ccc(OC(=O)CCCN2C(=O)c3ccc(C)cc3C2=O)c(C)c1. The van der Waals surface area contributed by atoms with Crippen LogP contribution in [0.2, 0.25) is 0 Å². The van der Waals surface area contributed by atoms with Crippen LogP contribution in [-0.4, -0.2) is 29.2 Å². The number of hydrogen-bond acceptors (Lipinski definition) is 4. The molecule has 0 fully saturated rings. The molecule has 5 heteroatoms. The van der Waals surface area contributed by atoms with Crippen molar-refractivity contribution in [2.24, 2.45) is 0 Å². The van der Waals surface area contributed by atoms with Gasteiger partial charge in [0.15, 0.2) is 0 Å². The van der Waals surface area contributed by atoms with Crippen molar-refractivity contribution in [1.29, 1.82) is 0 Å². The summed E-state index contributed by atoms with van der Waals surface area (Å²) in [5.74, 6) is -0.426. The number of ether oxygens (including phenoxy) is 1. The van der Waals surface area contributed by atoms with Crippen molar-refractivity contribution in [2.45, 2.75) is 33.6 Å². The highest BCUT2D eigenvalue weighted by molar-refractivity contribution is 6.21. The van der Waals surface area contributed by atoms with Crippen LogP contribution in [-0.2, 0) is 4.79 Å². The van der Waals surface area contributed by atoms with Crippen LogP contribution in [0.4, 0.5) is 0 Å². The lowest BCUT2D eigenvalue weighted by Gasteiger charge is -2.13. The first-order valence-corrected chi connectivity index (χ1v) is 8.61. The Morgan fingerprint density at radius 1 is 0.923 bits per heavy atom. The van der Waals surface area contributed by atoms with Crippen molar-refractivity contribution in [3.05, 3.63) is 64.2 Å². The molecular formula is C21H21NO4. The molecule has 0 aromatic heterocycles. The van der Waals surface area contributed by atoms with Crippen LogP contribution >= 0.6 is 0 Å². The zero-order valence-electron chi connectivity index (χ0n) is 15.2. The average molecular weight is 351 g/mol. The molecule has 0 aliphatic carbocycles. The topological polar surface area (TPSA) is 63.7 Å². The predicted octanol–water partition coefficient (Wildman–Crippen LogP) is 3.59. The van der Waals surface area contributed by atoms with Gasteiger partial charge in [0.1, 0.15) is 5.75 Å². The van der Waals surface area contributed by atoms with Crippen molar-refractivity contribution in [3.8, 4) is 5.75 Å². The van der Waals surface area contributed by atoms with E-state index in [4.69, 9.17) is 4.74 Å². The number of imide groups is 1. The highest BCUT2D eigenvalue weighted by Gasteiger charge is 2.35. The molecule has 1 heterocycles. The van der Waals surface area contributed by atoms with E-state index in [-0.39, 0.29) is 30.7 Å². The van der Waals surface area contributed by atoms with Gasteiger partial charge in [-0.2, -0.15) is 0 Å². The summed E-state index contributed by atoms with van der Waals surface area (Å²) in [7, 11) is 0. The first-order valence-electron chi connectivity index (χ1n) is 8.61. The fourth-order valence-electron chi connectivity index (χ4n) is 3.08. The van der Waals surface area contributed by atoms with E-state index in [9.17, 15) is 14.4 Å². The minimum absolute atomic E-state index is 0.139. The number of aryl methyl sites for hydroxylation is 3. The van der Waals surface area contributed by atoms with Gasteiger partial charge in [-0.05, 0) is 51.0 Å². The van der Waals surface area contributed by atoms with Crippen LogP contribution in [0.1, 0.15) is 50.2 Å². The second kappa shape index (κ2) is 7.12. The quantitative estimate of drug-likeness (QED) is 0.469. The molecular weight excluding hydrogens is 330 g/mol. The number of hydrogen-bond donors (Lipinski definition) is 0. The molecule has 0 atom stereocenters. The van der Waals surface area contributed by atoms with Gasteiger partial charge in [0.2, 0.25) is 0 Å². The molecule has 0 radical (unpaired) electrons. The third kappa shape index (κ3) is 3.52. The summed E-state index contributed by atoms with van der Waals surface area (Å²) in [6.07, 6.45) is 0.508. The van der Waals surface area contributed by atoms with E-state index in [1.807, 2.05) is 39.0 Å². The van der Waals surface area contributed by atoms with Crippen LogP contribution in [0.25, 0.3) is 0 Å². The molecule has 3 rings (SSSR count). The van der Waals surface area contributed by atoms with Gasteiger partial charge in [0.05, 0.1) is 11.1 Å². The number of esters is 1. The number of benzene rings is 2. The van der Waals surface area contributed by atoms with E-state index in [2.05, 4.69) is 0 Å². The maximum atomic E-state index is 12.4. The van der Waals surface area contributed by atoms with Gasteiger partial charge < -0.3 is 4.74 Å². The first kappa shape index (κ1) is 17.9. The fraction of sp³-hybridized carbons (Fsp3) is 0.286. The van der Waals surface area contributed by atoms with Crippen LogP contribution in [0.3, 0.4) is 0 Å². The maximum Gasteiger partial charge on any atom is 0.311 e. The Morgan fingerprint density at radius 2 is 1.58 bits per heavy atom. The standard InChI is InChI=1S/C21H21NO4/c1-13-7-9-18(15(3)11-13)26-19(23)5-4-10-22-20(24)16-8-6-14(2)12-17(16)21(22)25/h6-9,11-12H,4-5,10H2,1-3H3. The van der Waals surface area contributed by atoms with Gasteiger partial charge in [-0.15, -0.1) is 0 Å². The number of carbonyl (C=O) groups is 3. The van der Waals surface area contributed by atoms with Gasteiger partial charge in [-0.1, -0.05) is 29.3 Å². The van der Waals surface area contributed by atoms with Crippen LogP contribution in [0.5, 0.6) is 5.75 Å². The van der Waals surface area contributed by atoms with Gasteiger partial charge >= 0.3 is 5.97 Å². The molecule has 1 aliphatic rings. The molecule has 26 heavy (non-hydrogen) atoms. The van der Waals surface area contributed by atoms with Crippen LogP contribution in [0.15, 0.2) is 36.4 Å². The molecule has 1 aliphatic heterocycles. The van der Waals surface area contributed by atoms with E-state index in [0.717, 1.165) is 16.7 Å². The number of carbonyl (C=O) groups excluding carboxylic acids is 3. The van der Waals surface area contributed by atoms with Crippen molar-refractivity contribution < 1.29 is 19.1 Å². The molecule has 2 aromatic carbocycles. The normalized spacial score (nSPS) is 13.1. The smallest absolute Gasteiger partial charge is 0.311 e. The highest BCUT2D eigenvalue weighted by Crippen LogP contribution is 2.24. The molecule has 2 aromatic rings.